The molecule has 2 heterocycles. The predicted octanol–water partition coefficient (Wildman–Crippen LogP) is 4.21. The first-order valence-corrected chi connectivity index (χ1v) is 10.2. The molecule has 2 aliphatic rings. The molecule has 0 fully saturated rings. The smallest absolute Gasteiger partial charge is 0.227 e. The van der Waals surface area contributed by atoms with Crippen molar-refractivity contribution < 1.29 is 9.59 Å². The number of fused-ring (bicyclic) bond motifs is 2. The molecule has 1 aliphatic carbocycles. The van der Waals surface area contributed by atoms with Gasteiger partial charge in [-0.15, -0.1) is 0 Å². The van der Waals surface area contributed by atoms with E-state index >= 15 is 0 Å². The van der Waals surface area contributed by atoms with Gasteiger partial charge in [-0.2, -0.15) is 0 Å². The Labute approximate surface area is 170 Å². The summed E-state index contributed by atoms with van der Waals surface area (Å²) >= 11 is 6.66. The van der Waals surface area contributed by atoms with Crippen molar-refractivity contribution in [3.05, 3.63) is 46.2 Å². The van der Waals surface area contributed by atoms with E-state index in [1.165, 1.54) is 5.56 Å². The van der Waals surface area contributed by atoms with Crippen molar-refractivity contribution in [3.63, 3.8) is 0 Å². The van der Waals surface area contributed by atoms with E-state index in [1.807, 2.05) is 25.4 Å². The minimum atomic E-state index is 0.00353. The van der Waals surface area contributed by atoms with Gasteiger partial charge in [-0.1, -0.05) is 18.5 Å². The van der Waals surface area contributed by atoms with Gasteiger partial charge < -0.3 is 10.2 Å². The highest BCUT2D eigenvalue weighted by atomic mass is 35.5. The molecule has 5 nitrogen and oxygen atoms in total. The maximum atomic E-state index is 12.0. The minimum Gasteiger partial charge on any atom is -0.349 e. The summed E-state index contributed by atoms with van der Waals surface area (Å²) in [6.07, 6.45) is 8.33. The van der Waals surface area contributed by atoms with Gasteiger partial charge in [0.05, 0.1) is 11.1 Å². The van der Waals surface area contributed by atoms with E-state index in [1.54, 1.807) is 11.9 Å². The first-order valence-electron chi connectivity index (χ1n) is 9.85. The number of halogens is 1. The Morgan fingerprint density at radius 1 is 1.25 bits per heavy atom. The number of rotatable bonds is 3. The summed E-state index contributed by atoms with van der Waals surface area (Å²) in [5.74, 6) is 0.173. The van der Waals surface area contributed by atoms with Gasteiger partial charge in [0.1, 0.15) is 0 Å². The third-order valence-electron chi connectivity index (χ3n) is 5.84. The molecule has 1 aromatic carbocycles. The van der Waals surface area contributed by atoms with Gasteiger partial charge in [0.15, 0.2) is 0 Å². The first kappa shape index (κ1) is 18.9. The minimum absolute atomic E-state index is 0.00353. The number of carbonyl (C=O) groups excluding carboxylic acids is 2. The fourth-order valence-corrected chi connectivity index (χ4v) is 4.53. The average molecular weight is 398 g/mol. The average Bonchev–Trinajstić information content (AvgIpc) is 2.71. The highest BCUT2D eigenvalue weighted by Gasteiger charge is 2.27. The van der Waals surface area contributed by atoms with Crippen molar-refractivity contribution in [1.29, 1.82) is 0 Å². The van der Waals surface area contributed by atoms with Gasteiger partial charge in [0, 0.05) is 49.1 Å². The summed E-state index contributed by atoms with van der Waals surface area (Å²) in [7, 11) is 1.79. The molecule has 1 N–H and O–H groups in total. The zero-order valence-corrected chi connectivity index (χ0v) is 17.0. The van der Waals surface area contributed by atoms with Crippen LogP contribution in [0, 0.1) is 0 Å². The van der Waals surface area contributed by atoms with E-state index in [-0.39, 0.29) is 17.9 Å². The Hall–Kier alpha value is -2.40. The molecule has 4 rings (SSSR count). The maximum absolute atomic E-state index is 12.0. The number of aryl methyl sites for hydroxylation is 1. The van der Waals surface area contributed by atoms with Gasteiger partial charge in [-0.3, -0.25) is 14.6 Å². The lowest BCUT2D eigenvalue weighted by Gasteiger charge is -2.29. The monoisotopic (exact) mass is 397 g/mol. The topological polar surface area (TPSA) is 62.3 Å². The van der Waals surface area contributed by atoms with Crippen molar-refractivity contribution >= 4 is 29.1 Å². The molecule has 28 heavy (non-hydrogen) atoms. The van der Waals surface area contributed by atoms with Crippen LogP contribution in [0.2, 0.25) is 5.02 Å². The highest BCUT2D eigenvalue weighted by Crippen LogP contribution is 2.41. The second-order valence-corrected chi connectivity index (χ2v) is 7.94. The van der Waals surface area contributed by atoms with Gasteiger partial charge in [0.2, 0.25) is 11.8 Å². The van der Waals surface area contributed by atoms with Crippen LogP contribution < -0.4 is 10.2 Å². The Balaban J connectivity index is 1.78. The van der Waals surface area contributed by atoms with Crippen molar-refractivity contribution in [1.82, 2.24) is 10.3 Å². The van der Waals surface area contributed by atoms with Crippen LogP contribution in [0.4, 0.5) is 5.69 Å². The van der Waals surface area contributed by atoms with Crippen LogP contribution in [0.25, 0.3) is 11.1 Å². The van der Waals surface area contributed by atoms with E-state index in [9.17, 15) is 9.59 Å². The number of carbonyl (C=O) groups is 2. The molecular formula is C22H24ClN3O2. The first-order chi connectivity index (χ1) is 13.5. The lowest BCUT2D eigenvalue weighted by Crippen LogP contribution is -2.31. The summed E-state index contributed by atoms with van der Waals surface area (Å²) in [5.41, 5.74) is 6.30. The van der Waals surface area contributed by atoms with Crippen molar-refractivity contribution in [2.75, 3.05) is 11.9 Å². The molecule has 0 bridgehead atoms. The third-order valence-corrected chi connectivity index (χ3v) is 6.16. The highest BCUT2D eigenvalue weighted by molar-refractivity contribution is 6.34. The lowest BCUT2D eigenvalue weighted by molar-refractivity contribution is -0.121. The van der Waals surface area contributed by atoms with Crippen molar-refractivity contribution in [2.45, 2.75) is 51.5 Å². The van der Waals surface area contributed by atoms with Crippen LogP contribution in [-0.4, -0.2) is 23.8 Å². The molecule has 6 heteroatoms. The molecule has 0 radical (unpaired) electrons. The van der Waals surface area contributed by atoms with Crippen molar-refractivity contribution in [2.24, 2.45) is 0 Å². The van der Waals surface area contributed by atoms with Gasteiger partial charge in [-0.25, -0.2) is 0 Å². The standard InChI is InChI=1S/C22H24ClN3O2/c1-3-21(27)25-19-6-4-5-14-16(11-24-12-17(14)19)15-9-13-7-8-22(28)26(2)20(13)10-18(15)23/h9-12,19H,3-8H2,1-2H3,(H,25,27)/t19-/m0/s1. The molecular weight excluding hydrogens is 374 g/mol. The largest absolute Gasteiger partial charge is 0.349 e. The predicted molar refractivity (Wildman–Crippen MR) is 111 cm³/mol. The molecule has 1 atom stereocenters. The summed E-state index contributed by atoms with van der Waals surface area (Å²) in [4.78, 5) is 30.1. The fraction of sp³-hybridized carbons (Fsp3) is 0.409. The number of nitrogens with zero attached hydrogens (tertiary/aromatic N) is 2. The van der Waals surface area contributed by atoms with Crippen LogP contribution in [-0.2, 0) is 22.4 Å². The van der Waals surface area contributed by atoms with E-state index < -0.39 is 0 Å². The number of anilines is 1. The van der Waals surface area contributed by atoms with E-state index in [2.05, 4.69) is 16.4 Å². The maximum Gasteiger partial charge on any atom is 0.227 e. The second-order valence-electron chi connectivity index (χ2n) is 7.53. The van der Waals surface area contributed by atoms with Gasteiger partial charge in [0.25, 0.3) is 0 Å². The van der Waals surface area contributed by atoms with E-state index in [4.69, 9.17) is 11.6 Å². The molecule has 2 aromatic rings. The van der Waals surface area contributed by atoms with Crippen LogP contribution >= 0.6 is 11.6 Å². The van der Waals surface area contributed by atoms with E-state index in [0.717, 1.165) is 53.6 Å². The second kappa shape index (κ2) is 7.55. The number of pyridine rings is 1. The van der Waals surface area contributed by atoms with Crippen molar-refractivity contribution in [3.8, 4) is 11.1 Å². The Morgan fingerprint density at radius 2 is 2.07 bits per heavy atom. The number of hydrogen-bond donors (Lipinski definition) is 1. The fourth-order valence-electron chi connectivity index (χ4n) is 4.27. The molecule has 2 amide bonds. The normalized spacial score (nSPS) is 18.5. The quantitative estimate of drug-likeness (QED) is 0.843. The number of benzene rings is 1. The van der Waals surface area contributed by atoms with Gasteiger partial charge >= 0.3 is 0 Å². The van der Waals surface area contributed by atoms with Crippen LogP contribution in [0.5, 0.6) is 0 Å². The summed E-state index contributed by atoms with van der Waals surface area (Å²) in [6.45, 7) is 1.86. The number of amides is 2. The molecule has 0 unspecified atom stereocenters. The number of nitrogens with one attached hydrogen (secondary N) is 1. The molecule has 0 spiro atoms. The number of hydrogen-bond acceptors (Lipinski definition) is 3. The Bertz CT molecular complexity index is 957. The SMILES string of the molecule is CCC(=O)N[C@H]1CCCc2c(-c3cc4c(cc3Cl)N(C)C(=O)CC4)cncc21. The zero-order valence-electron chi connectivity index (χ0n) is 16.2. The van der Waals surface area contributed by atoms with E-state index in [0.29, 0.717) is 17.9 Å². The molecule has 1 aromatic heterocycles. The molecule has 1 aliphatic heterocycles. The Morgan fingerprint density at radius 3 is 2.86 bits per heavy atom. The van der Waals surface area contributed by atoms with Crippen LogP contribution in [0.1, 0.15) is 55.3 Å². The lowest BCUT2D eigenvalue weighted by atomic mass is 9.84. The summed E-state index contributed by atoms with van der Waals surface area (Å²) in [5, 5.41) is 3.74. The van der Waals surface area contributed by atoms with Gasteiger partial charge in [-0.05, 0) is 54.5 Å². The number of aromatic nitrogens is 1. The molecule has 0 saturated carbocycles. The molecule has 0 saturated heterocycles. The zero-order chi connectivity index (χ0) is 19.8. The third kappa shape index (κ3) is 3.28. The summed E-state index contributed by atoms with van der Waals surface area (Å²) < 4.78 is 0. The summed E-state index contributed by atoms with van der Waals surface area (Å²) in [6, 6.07) is 4.00. The Kier molecular flexibility index (Phi) is 5.11. The van der Waals surface area contributed by atoms with Crippen LogP contribution in [0.15, 0.2) is 24.5 Å². The molecule has 146 valence electrons. The van der Waals surface area contributed by atoms with Crippen LogP contribution in [0.3, 0.4) is 0 Å².